The molecule has 2 unspecified atom stereocenters. The molecule has 0 saturated heterocycles. The van der Waals surface area contributed by atoms with Crippen molar-refractivity contribution in [3.63, 3.8) is 0 Å². The largest absolute Gasteiger partial charge is 0.466 e. The summed E-state index contributed by atoms with van der Waals surface area (Å²) >= 11 is 0. The highest BCUT2D eigenvalue weighted by molar-refractivity contribution is 5.89. The molecule has 1 aromatic heterocycles. The van der Waals surface area contributed by atoms with Crippen molar-refractivity contribution < 1.29 is 22.7 Å². The van der Waals surface area contributed by atoms with Crippen molar-refractivity contribution >= 4 is 22.9 Å². The zero-order chi connectivity index (χ0) is 24.8. The lowest BCUT2D eigenvalue weighted by Gasteiger charge is -2.43. The highest BCUT2D eigenvalue weighted by Gasteiger charge is 2.41. The quantitative estimate of drug-likeness (QED) is 0.366. The molecular weight excluding hydrogens is 441 g/mol. The molecule has 3 aromatic rings. The van der Waals surface area contributed by atoms with Crippen LogP contribution in [-0.2, 0) is 16.0 Å². The molecule has 2 aromatic carbocycles. The van der Waals surface area contributed by atoms with Crippen molar-refractivity contribution in [3.8, 4) is 0 Å². The van der Waals surface area contributed by atoms with E-state index < -0.39 is 29.3 Å². The van der Waals surface area contributed by atoms with Gasteiger partial charge in [0.15, 0.2) is 0 Å². The van der Waals surface area contributed by atoms with Gasteiger partial charge in [-0.1, -0.05) is 12.1 Å². The predicted molar refractivity (Wildman–Crippen MR) is 127 cm³/mol. The topological polar surface area (TPSA) is 45.3 Å². The van der Waals surface area contributed by atoms with E-state index >= 15 is 8.78 Å². The van der Waals surface area contributed by atoms with Crippen LogP contribution in [0.25, 0.3) is 17.0 Å². The van der Waals surface area contributed by atoms with Gasteiger partial charge in [0.05, 0.1) is 13.2 Å². The Morgan fingerprint density at radius 3 is 2.56 bits per heavy atom. The molecule has 34 heavy (non-hydrogen) atoms. The van der Waals surface area contributed by atoms with Crippen LogP contribution >= 0.6 is 0 Å². The number of aromatic nitrogens is 1. The van der Waals surface area contributed by atoms with Gasteiger partial charge >= 0.3 is 5.97 Å². The maximum atomic E-state index is 15.5. The Kier molecular flexibility index (Phi) is 6.34. The molecule has 0 fully saturated rings. The lowest BCUT2D eigenvalue weighted by atomic mass is 9.86. The van der Waals surface area contributed by atoms with Crippen molar-refractivity contribution in [3.05, 3.63) is 76.0 Å². The van der Waals surface area contributed by atoms with E-state index in [4.69, 9.17) is 0 Å². The van der Waals surface area contributed by atoms with Crippen LogP contribution in [0.2, 0.25) is 0 Å². The number of ether oxygens (including phenoxy) is 1. The minimum Gasteiger partial charge on any atom is -0.466 e. The minimum absolute atomic E-state index is 0.00942. The predicted octanol–water partition coefficient (Wildman–Crippen LogP) is 6.02. The number of nitrogens with zero attached hydrogens (tertiary/aromatic N) is 1. The summed E-state index contributed by atoms with van der Waals surface area (Å²) < 4.78 is 50.5. The molecular formula is C27H29F3N2O2. The van der Waals surface area contributed by atoms with E-state index in [-0.39, 0.29) is 23.7 Å². The molecule has 0 aliphatic carbocycles. The molecule has 0 bridgehead atoms. The first-order valence-electron chi connectivity index (χ1n) is 11.3. The van der Waals surface area contributed by atoms with Crippen molar-refractivity contribution in [1.82, 2.24) is 9.88 Å². The SMILES string of the molecule is COC(=O)/C=C/c1cc(F)c(C2c3[nH]c4cccc(C)c4c3CC(C)N2CC(C)(C)F)c(F)c1. The van der Waals surface area contributed by atoms with Crippen molar-refractivity contribution in [1.29, 1.82) is 0 Å². The lowest BCUT2D eigenvalue weighted by molar-refractivity contribution is -0.134. The maximum absolute atomic E-state index is 15.5. The Labute approximate surface area is 197 Å². The Hall–Kier alpha value is -3.06. The van der Waals surface area contributed by atoms with E-state index in [0.29, 0.717) is 12.1 Å². The van der Waals surface area contributed by atoms with Crippen LogP contribution in [0.1, 0.15) is 54.8 Å². The van der Waals surface area contributed by atoms with Crippen molar-refractivity contribution in [2.75, 3.05) is 13.7 Å². The third-order valence-corrected chi connectivity index (χ3v) is 6.39. The average Bonchev–Trinajstić information content (AvgIpc) is 3.11. The first-order chi connectivity index (χ1) is 16.0. The van der Waals surface area contributed by atoms with Gasteiger partial charge in [-0.25, -0.2) is 18.0 Å². The molecule has 4 rings (SSSR count). The summed E-state index contributed by atoms with van der Waals surface area (Å²) in [5, 5.41) is 1.05. The van der Waals surface area contributed by atoms with Crippen LogP contribution in [-0.4, -0.2) is 41.2 Å². The van der Waals surface area contributed by atoms with E-state index in [1.165, 1.54) is 39.2 Å². The number of halogens is 3. The third kappa shape index (κ3) is 4.49. The first-order valence-corrected chi connectivity index (χ1v) is 11.3. The van der Waals surface area contributed by atoms with Gasteiger partial charge in [-0.15, -0.1) is 0 Å². The van der Waals surface area contributed by atoms with E-state index in [1.54, 1.807) is 0 Å². The molecule has 2 atom stereocenters. The summed E-state index contributed by atoms with van der Waals surface area (Å²) in [6.07, 6.45) is 3.04. The molecule has 4 nitrogen and oxygen atoms in total. The van der Waals surface area contributed by atoms with Crippen LogP contribution in [0.5, 0.6) is 0 Å². The number of aryl methyl sites for hydroxylation is 1. The van der Waals surface area contributed by atoms with E-state index in [9.17, 15) is 9.18 Å². The number of nitrogens with one attached hydrogen (secondary N) is 1. The summed E-state index contributed by atoms with van der Waals surface area (Å²) in [5.74, 6) is -2.14. The Balaban J connectivity index is 1.91. The number of H-pyrrole nitrogens is 1. The minimum atomic E-state index is -1.57. The number of methoxy groups -OCH3 is 1. The monoisotopic (exact) mass is 470 g/mol. The molecule has 1 N–H and O–H groups in total. The normalized spacial score (nSPS) is 19.1. The highest BCUT2D eigenvalue weighted by atomic mass is 19.1. The number of aromatic amines is 1. The second-order valence-corrected chi connectivity index (χ2v) is 9.62. The van der Waals surface area contributed by atoms with Gasteiger partial charge in [0.2, 0.25) is 0 Å². The summed E-state index contributed by atoms with van der Waals surface area (Å²) in [6, 6.07) is 7.27. The summed E-state index contributed by atoms with van der Waals surface area (Å²) in [6.45, 7) is 6.92. The zero-order valence-electron chi connectivity index (χ0n) is 20.0. The second-order valence-electron chi connectivity index (χ2n) is 9.62. The third-order valence-electron chi connectivity index (χ3n) is 6.39. The van der Waals surface area contributed by atoms with Gasteiger partial charge < -0.3 is 9.72 Å². The smallest absolute Gasteiger partial charge is 0.330 e. The first kappa shape index (κ1) is 24.1. The average molecular weight is 471 g/mol. The number of fused-ring (bicyclic) bond motifs is 3. The fourth-order valence-electron chi connectivity index (χ4n) is 4.99. The molecule has 1 aliphatic heterocycles. The van der Waals surface area contributed by atoms with E-state index in [1.807, 2.05) is 36.9 Å². The van der Waals surface area contributed by atoms with Gasteiger partial charge in [-0.3, -0.25) is 4.90 Å². The molecule has 0 amide bonds. The number of rotatable bonds is 5. The zero-order valence-corrected chi connectivity index (χ0v) is 20.0. The van der Waals surface area contributed by atoms with Crippen LogP contribution < -0.4 is 0 Å². The Morgan fingerprint density at radius 2 is 1.94 bits per heavy atom. The van der Waals surface area contributed by atoms with Gasteiger partial charge in [-0.05, 0) is 75.1 Å². The number of carbonyl (C=O) groups excluding carboxylic acids is 1. The van der Waals surface area contributed by atoms with Gasteiger partial charge in [0.1, 0.15) is 17.3 Å². The van der Waals surface area contributed by atoms with Gasteiger partial charge in [0, 0.05) is 40.8 Å². The number of carbonyl (C=O) groups is 1. The number of alkyl halides is 1. The molecule has 180 valence electrons. The maximum Gasteiger partial charge on any atom is 0.330 e. The molecule has 2 heterocycles. The number of esters is 1. The van der Waals surface area contributed by atoms with Crippen molar-refractivity contribution in [2.45, 2.75) is 51.9 Å². The molecule has 1 aliphatic rings. The van der Waals surface area contributed by atoms with Gasteiger partial charge in [-0.2, -0.15) is 0 Å². The van der Waals surface area contributed by atoms with Crippen LogP contribution in [0, 0.1) is 18.6 Å². The molecule has 0 saturated carbocycles. The fraction of sp³-hybridized carbons (Fsp3) is 0.370. The Bertz CT molecular complexity index is 1250. The fourth-order valence-corrected chi connectivity index (χ4v) is 4.99. The summed E-state index contributed by atoms with van der Waals surface area (Å²) in [7, 11) is 1.22. The van der Waals surface area contributed by atoms with Crippen LogP contribution in [0.15, 0.2) is 36.4 Å². The molecule has 0 radical (unpaired) electrons. The van der Waals surface area contributed by atoms with Crippen LogP contribution in [0.4, 0.5) is 13.2 Å². The second kappa shape index (κ2) is 8.95. The lowest BCUT2D eigenvalue weighted by Crippen LogP contribution is -2.48. The number of hydrogen-bond acceptors (Lipinski definition) is 3. The summed E-state index contributed by atoms with van der Waals surface area (Å²) in [5.41, 5.74) is 2.14. The number of benzene rings is 2. The standard InChI is InChI=1S/C27H29F3N2O2/c1-15-7-6-8-21-23(15)18-11-16(2)32(14-27(3,4)30)26(25(18)31-21)24-19(28)12-17(13-20(24)29)9-10-22(33)34-5/h6-10,12-13,16,26,31H,11,14H2,1-5H3/b10-9+. The van der Waals surface area contributed by atoms with Crippen LogP contribution in [0.3, 0.4) is 0 Å². The van der Waals surface area contributed by atoms with Crippen molar-refractivity contribution in [2.24, 2.45) is 0 Å². The highest BCUT2D eigenvalue weighted by Crippen LogP contribution is 2.44. The Morgan fingerprint density at radius 1 is 1.26 bits per heavy atom. The molecule has 7 heteroatoms. The van der Waals surface area contributed by atoms with E-state index in [2.05, 4.69) is 9.72 Å². The van der Waals surface area contributed by atoms with Gasteiger partial charge in [0.25, 0.3) is 0 Å². The van der Waals surface area contributed by atoms with E-state index in [0.717, 1.165) is 28.1 Å². The number of hydrogen-bond donors (Lipinski definition) is 1. The summed E-state index contributed by atoms with van der Waals surface area (Å²) in [4.78, 5) is 16.6. The molecule has 0 spiro atoms.